The van der Waals surface area contributed by atoms with Gasteiger partial charge in [-0.1, -0.05) is 0 Å². The van der Waals surface area contributed by atoms with Crippen molar-refractivity contribution in [1.29, 1.82) is 0 Å². The van der Waals surface area contributed by atoms with Gasteiger partial charge in [-0.2, -0.15) is 5.10 Å². The number of ether oxygens (including phenoxy) is 1. The van der Waals surface area contributed by atoms with E-state index in [0.717, 1.165) is 0 Å². The summed E-state index contributed by atoms with van der Waals surface area (Å²) in [6.07, 6.45) is 0. The van der Waals surface area contributed by atoms with E-state index in [4.69, 9.17) is 4.74 Å². The van der Waals surface area contributed by atoms with Gasteiger partial charge < -0.3 is 14.8 Å². The molecule has 120 valence electrons. The molecular weight excluding hydrogens is 301 g/mol. The lowest BCUT2D eigenvalue weighted by atomic mass is 10.1. The minimum absolute atomic E-state index is 0.0252. The van der Waals surface area contributed by atoms with Gasteiger partial charge in [0.05, 0.1) is 23.9 Å². The van der Waals surface area contributed by atoms with Crippen LogP contribution >= 0.6 is 0 Å². The van der Waals surface area contributed by atoms with Crippen molar-refractivity contribution in [2.75, 3.05) is 7.11 Å². The molecule has 3 aromatic rings. The van der Waals surface area contributed by atoms with E-state index < -0.39 is 17.0 Å². The van der Waals surface area contributed by atoms with E-state index in [1.165, 1.54) is 19.2 Å². The summed E-state index contributed by atoms with van der Waals surface area (Å²) in [7, 11) is 1.43. The van der Waals surface area contributed by atoms with Gasteiger partial charge in [0.25, 0.3) is 0 Å². The smallest absolute Gasteiger partial charge is 0.235 e. The topological polar surface area (TPSA) is 80.1 Å². The quantitative estimate of drug-likeness (QED) is 0.778. The van der Waals surface area contributed by atoms with Gasteiger partial charge in [-0.05, 0) is 26.0 Å². The van der Waals surface area contributed by atoms with Crippen LogP contribution in [0.3, 0.4) is 0 Å². The van der Waals surface area contributed by atoms with Crippen LogP contribution in [-0.2, 0) is 6.54 Å². The predicted molar refractivity (Wildman–Crippen MR) is 84.4 cm³/mol. The monoisotopic (exact) mass is 317 g/mol. The lowest BCUT2D eigenvalue weighted by Crippen LogP contribution is -2.07. The fraction of sp³-hybridized carbons (Fsp3) is 0.250. The van der Waals surface area contributed by atoms with Crippen LogP contribution in [0.4, 0.5) is 4.39 Å². The van der Waals surface area contributed by atoms with E-state index in [1.54, 1.807) is 17.7 Å². The third-order valence-electron chi connectivity index (χ3n) is 3.79. The fourth-order valence-corrected chi connectivity index (χ4v) is 2.64. The lowest BCUT2D eigenvalue weighted by molar-refractivity contribution is 0.411. The Balaban J connectivity index is 2.34. The molecule has 0 radical (unpaired) electrons. The van der Waals surface area contributed by atoms with Gasteiger partial charge in [0.2, 0.25) is 5.43 Å². The molecule has 2 heterocycles. The number of benzene rings is 1. The number of aromatic nitrogens is 3. The molecule has 0 fully saturated rings. The molecule has 0 atom stereocenters. The zero-order valence-corrected chi connectivity index (χ0v) is 13.0. The number of hydrogen-bond acceptors (Lipinski definition) is 4. The summed E-state index contributed by atoms with van der Waals surface area (Å²) in [6.45, 7) is 4.11. The summed E-state index contributed by atoms with van der Waals surface area (Å²) in [5, 5.41) is 14.8. The zero-order valence-electron chi connectivity index (χ0n) is 13.0. The van der Waals surface area contributed by atoms with Crippen molar-refractivity contribution in [3.8, 4) is 22.8 Å². The van der Waals surface area contributed by atoms with Crippen molar-refractivity contribution in [2.45, 2.75) is 20.4 Å². The molecule has 0 spiro atoms. The number of nitrogens with zero attached hydrogens (tertiary/aromatic N) is 2. The van der Waals surface area contributed by atoms with Crippen LogP contribution in [0, 0.1) is 12.7 Å². The van der Waals surface area contributed by atoms with Crippen LogP contribution in [-0.4, -0.2) is 27.0 Å². The number of H-pyrrole nitrogens is 1. The normalized spacial score (nSPS) is 11.1. The van der Waals surface area contributed by atoms with Gasteiger partial charge >= 0.3 is 0 Å². The van der Waals surface area contributed by atoms with Gasteiger partial charge in [0, 0.05) is 18.2 Å². The summed E-state index contributed by atoms with van der Waals surface area (Å²) in [4.78, 5) is 15.4. The number of methoxy groups -OCH3 is 1. The molecule has 2 N–H and O–H groups in total. The van der Waals surface area contributed by atoms with E-state index in [-0.39, 0.29) is 11.3 Å². The molecule has 0 aliphatic rings. The molecule has 3 rings (SSSR count). The minimum Gasteiger partial charge on any atom is -0.503 e. The minimum atomic E-state index is -0.603. The van der Waals surface area contributed by atoms with E-state index in [1.807, 2.05) is 6.92 Å². The number of fused-ring (bicyclic) bond motifs is 1. The predicted octanol–water partition coefficient (Wildman–Crippen LogP) is 2.57. The molecular formula is C16H16FN3O3. The summed E-state index contributed by atoms with van der Waals surface area (Å²) < 4.78 is 20.9. The Bertz CT molecular complexity index is 959. The maximum absolute atomic E-state index is 14.3. The Morgan fingerprint density at radius 1 is 1.43 bits per heavy atom. The SMILES string of the molecule is CCn1nc(C)c2c(=O)c(O)c(-c3ccc(OC)cc3F)[nH]c21. The third kappa shape index (κ3) is 2.25. The highest BCUT2D eigenvalue weighted by Gasteiger charge is 2.20. The highest BCUT2D eigenvalue weighted by Crippen LogP contribution is 2.31. The first-order valence-electron chi connectivity index (χ1n) is 7.14. The fourth-order valence-electron chi connectivity index (χ4n) is 2.64. The van der Waals surface area contributed by atoms with Crippen LogP contribution in [0.15, 0.2) is 23.0 Å². The van der Waals surface area contributed by atoms with Crippen molar-refractivity contribution in [1.82, 2.24) is 14.8 Å². The largest absolute Gasteiger partial charge is 0.503 e. The molecule has 0 bridgehead atoms. The van der Waals surface area contributed by atoms with Gasteiger partial charge in [-0.25, -0.2) is 9.07 Å². The molecule has 0 aliphatic heterocycles. The first-order chi connectivity index (χ1) is 11.0. The second-order valence-corrected chi connectivity index (χ2v) is 5.15. The van der Waals surface area contributed by atoms with Crippen LogP contribution < -0.4 is 10.2 Å². The number of aryl methyl sites for hydroxylation is 2. The van der Waals surface area contributed by atoms with Crippen LogP contribution in [0.25, 0.3) is 22.3 Å². The molecule has 0 amide bonds. The van der Waals surface area contributed by atoms with Crippen molar-refractivity contribution in [2.24, 2.45) is 0 Å². The second-order valence-electron chi connectivity index (χ2n) is 5.15. The highest BCUT2D eigenvalue weighted by atomic mass is 19.1. The molecule has 2 aromatic heterocycles. The lowest BCUT2D eigenvalue weighted by Gasteiger charge is -2.09. The first-order valence-corrected chi connectivity index (χ1v) is 7.14. The van der Waals surface area contributed by atoms with Gasteiger partial charge in [-0.3, -0.25) is 4.79 Å². The molecule has 6 nitrogen and oxygen atoms in total. The Hall–Kier alpha value is -2.83. The maximum atomic E-state index is 14.3. The van der Waals surface area contributed by atoms with E-state index in [2.05, 4.69) is 10.1 Å². The van der Waals surface area contributed by atoms with E-state index in [0.29, 0.717) is 29.0 Å². The molecule has 23 heavy (non-hydrogen) atoms. The van der Waals surface area contributed by atoms with Crippen molar-refractivity contribution < 1.29 is 14.2 Å². The first kappa shape index (κ1) is 15.1. The molecule has 1 aromatic carbocycles. The Labute approximate surface area is 131 Å². The Morgan fingerprint density at radius 3 is 2.78 bits per heavy atom. The summed E-state index contributed by atoms with van der Waals surface area (Å²) in [6, 6.07) is 4.20. The van der Waals surface area contributed by atoms with Crippen molar-refractivity contribution in [3.63, 3.8) is 0 Å². The van der Waals surface area contributed by atoms with Gasteiger partial charge in [0.1, 0.15) is 17.2 Å². The van der Waals surface area contributed by atoms with Gasteiger partial charge in [0.15, 0.2) is 5.75 Å². The maximum Gasteiger partial charge on any atom is 0.235 e. The third-order valence-corrected chi connectivity index (χ3v) is 3.79. The number of aromatic amines is 1. The van der Waals surface area contributed by atoms with Crippen molar-refractivity contribution >= 4 is 11.0 Å². The molecule has 0 saturated heterocycles. The second kappa shape index (κ2) is 5.42. The average Bonchev–Trinajstić information content (AvgIpc) is 2.87. The molecule has 0 saturated carbocycles. The summed E-state index contributed by atoms with van der Waals surface area (Å²) >= 11 is 0. The number of hydrogen-bond donors (Lipinski definition) is 2. The summed E-state index contributed by atoms with van der Waals surface area (Å²) in [5.74, 6) is -0.780. The standard InChI is InChI=1S/C16H16FN3O3/c1-4-20-16-12(8(2)19-20)14(21)15(22)13(18-16)10-6-5-9(23-3)7-11(10)17/h5-7,22H,4H2,1-3H3,(H,18,21). The Kier molecular flexibility index (Phi) is 3.55. The number of rotatable bonds is 3. The van der Waals surface area contributed by atoms with Crippen LogP contribution in [0.1, 0.15) is 12.6 Å². The Morgan fingerprint density at radius 2 is 2.17 bits per heavy atom. The molecule has 0 unspecified atom stereocenters. The molecule has 0 aliphatic carbocycles. The van der Waals surface area contributed by atoms with Crippen LogP contribution in [0.5, 0.6) is 11.5 Å². The molecule has 7 heteroatoms. The van der Waals surface area contributed by atoms with E-state index in [9.17, 15) is 14.3 Å². The number of nitrogens with one attached hydrogen (secondary N) is 1. The summed E-state index contributed by atoms with van der Waals surface area (Å²) in [5.41, 5.74) is 0.514. The van der Waals surface area contributed by atoms with E-state index >= 15 is 0 Å². The van der Waals surface area contributed by atoms with Crippen molar-refractivity contribution in [3.05, 3.63) is 39.9 Å². The average molecular weight is 317 g/mol. The number of halogens is 1. The van der Waals surface area contributed by atoms with Gasteiger partial charge in [-0.15, -0.1) is 0 Å². The number of aromatic hydroxyl groups is 1. The van der Waals surface area contributed by atoms with Crippen LogP contribution in [0.2, 0.25) is 0 Å². The zero-order chi connectivity index (χ0) is 16.7. The highest BCUT2D eigenvalue weighted by molar-refractivity contribution is 5.84. The number of pyridine rings is 1.